The molecular weight excluding hydrogens is 346 g/mol. The van der Waals surface area contributed by atoms with E-state index in [0.717, 1.165) is 42.5 Å². The first-order chi connectivity index (χ1) is 13.0. The average Bonchev–Trinajstić information content (AvgIpc) is 2.75. The van der Waals surface area contributed by atoms with Crippen LogP contribution in [0, 0.1) is 0 Å². The van der Waals surface area contributed by atoms with Crippen molar-refractivity contribution in [1.29, 1.82) is 0 Å². The number of nitrogens with zero attached hydrogens (tertiary/aromatic N) is 1. The standard InChI is InChI=1S/C21H25NO5/c1-22-8-7-21-11-17(25-2)15(23)10-13(21)14(22)6-5-12-9-16(24)19(26-3)20(27-4)18(12)21/h9-11,14,24H,5-8H2,1-4H3/t14-,21+/m1/s1. The van der Waals surface area contributed by atoms with Gasteiger partial charge in [-0.2, -0.15) is 0 Å². The maximum absolute atomic E-state index is 12.6. The number of phenols is 1. The summed E-state index contributed by atoms with van der Waals surface area (Å²) in [5, 5.41) is 10.5. The number of likely N-dealkylation sites (N-methyl/N-ethyl adjacent to an activating group) is 1. The number of likely N-dealkylation sites (tertiary alicyclic amines) is 1. The first-order valence-corrected chi connectivity index (χ1v) is 9.17. The molecule has 1 aromatic carbocycles. The molecule has 0 spiro atoms. The number of rotatable bonds is 3. The van der Waals surface area contributed by atoms with Crippen LogP contribution in [0.3, 0.4) is 0 Å². The zero-order chi connectivity index (χ0) is 19.3. The number of hydrogen-bond acceptors (Lipinski definition) is 6. The lowest BCUT2D eigenvalue weighted by Gasteiger charge is -2.47. The summed E-state index contributed by atoms with van der Waals surface area (Å²) in [7, 11) is 6.73. The first-order valence-electron chi connectivity index (χ1n) is 9.17. The summed E-state index contributed by atoms with van der Waals surface area (Å²) in [6.45, 7) is 0.884. The van der Waals surface area contributed by atoms with Gasteiger partial charge >= 0.3 is 0 Å². The quantitative estimate of drug-likeness (QED) is 0.880. The number of fused-ring (bicyclic) bond motifs is 1. The van der Waals surface area contributed by atoms with E-state index in [2.05, 4.69) is 11.9 Å². The topological polar surface area (TPSA) is 68.2 Å². The maximum Gasteiger partial charge on any atom is 0.220 e. The molecule has 6 nitrogen and oxygen atoms in total. The Bertz CT molecular complexity index is 872. The van der Waals surface area contributed by atoms with Crippen molar-refractivity contribution >= 4 is 5.78 Å². The van der Waals surface area contributed by atoms with E-state index in [9.17, 15) is 9.90 Å². The summed E-state index contributed by atoms with van der Waals surface area (Å²) in [5.41, 5.74) is 2.57. The van der Waals surface area contributed by atoms with E-state index in [1.807, 2.05) is 6.08 Å². The molecule has 1 saturated heterocycles. The van der Waals surface area contributed by atoms with Gasteiger partial charge in [-0.05, 0) is 62.2 Å². The molecule has 0 aromatic heterocycles. The van der Waals surface area contributed by atoms with E-state index in [1.54, 1.807) is 19.3 Å². The molecule has 6 heteroatoms. The minimum absolute atomic E-state index is 0.0719. The van der Waals surface area contributed by atoms with Gasteiger partial charge in [0.2, 0.25) is 11.5 Å². The van der Waals surface area contributed by atoms with Crippen LogP contribution in [-0.2, 0) is 21.4 Å². The van der Waals surface area contributed by atoms with E-state index in [4.69, 9.17) is 14.2 Å². The molecule has 2 atom stereocenters. The third kappa shape index (κ3) is 2.39. The molecule has 0 radical (unpaired) electrons. The number of ketones is 1. The zero-order valence-electron chi connectivity index (χ0n) is 16.2. The SMILES string of the molecule is COC1=C[C@]23CCN(C)[C@H](CCc4cc(O)c(OC)c(OC)c42)C3=CC1=O. The highest BCUT2D eigenvalue weighted by atomic mass is 16.5. The number of ether oxygens (including phenoxy) is 3. The molecule has 3 aliphatic rings. The summed E-state index contributed by atoms with van der Waals surface area (Å²) >= 11 is 0. The van der Waals surface area contributed by atoms with Crippen LogP contribution < -0.4 is 9.47 Å². The molecule has 4 rings (SSSR count). The van der Waals surface area contributed by atoms with Gasteiger partial charge in [-0.1, -0.05) is 0 Å². The van der Waals surface area contributed by atoms with Crippen molar-refractivity contribution < 1.29 is 24.1 Å². The molecule has 0 amide bonds. The first kappa shape index (κ1) is 17.9. The lowest BCUT2D eigenvalue weighted by molar-refractivity contribution is -0.114. The van der Waals surface area contributed by atoms with Crippen LogP contribution >= 0.6 is 0 Å². The van der Waals surface area contributed by atoms with Crippen LogP contribution in [0.4, 0.5) is 0 Å². The molecule has 144 valence electrons. The lowest BCUT2D eigenvalue weighted by atomic mass is 9.64. The van der Waals surface area contributed by atoms with Gasteiger partial charge in [0.05, 0.1) is 21.3 Å². The highest BCUT2D eigenvalue weighted by Gasteiger charge is 2.51. The number of carbonyl (C=O) groups excluding carboxylic acids is 1. The Hall–Kier alpha value is -2.47. The smallest absolute Gasteiger partial charge is 0.220 e. The predicted molar refractivity (Wildman–Crippen MR) is 100 cm³/mol. The third-order valence-corrected chi connectivity index (χ3v) is 6.23. The monoisotopic (exact) mass is 371 g/mol. The molecule has 1 aliphatic heterocycles. The highest BCUT2D eigenvalue weighted by molar-refractivity contribution is 6.05. The maximum atomic E-state index is 12.6. The molecule has 27 heavy (non-hydrogen) atoms. The van der Waals surface area contributed by atoms with Crippen molar-refractivity contribution in [3.05, 3.63) is 40.7 Å². The van der Waals surface area contributed by atoms with E-state index in [1.165, 1.54) is 14.2 Å². The van der Waals surface area contributed by atoms with E-state index >= 15 is 0 Å². The summed E-state index contributed by atoms with van der Waals surface area (Å²) in [5.74, 6) is 1.18. The van der Waals surface area contributed by atoms with Crippen LogP contribution in [0.5, 0.6) is 17.2 Å². The zero-order valence-corrected chi connectivity index (χ0v) is 16.2. The van der Waals surface area contributed by atoms with Gasteiger partial charge in [0.15, 0.2) is 17.3 Å². The van der Waals surface area contributed by atoms with Gasteiger partial charge in [-0.25, -0.2) is 0 Å². The predicted octanol–water partition coefficient (Wildman–Crippen LogP) is 2.34. The van der Waals surface area contributed by atoms with Crippen LogP contribution in [-0.4, -0.2) is 56.8 Å². The summed E-state index contributed by atoms with van der Waals surface area (Å²) in [4.78, 5) is 14.9. The normalized spacial score (nSPS) is 27.0. The molecular formula is C21H25NO5. The minimum Gasteiger partial charge on any atom is -0.504 e. The van der Waals surface area contributed by atoms with Gasteiger partial charge in [0.1, 0.15) is 0 Å². The molecule has 1 N–H and O–H groups in total. The number of hydrogen-bond donors (Lipinski definition) is 1. The minimum atomic E-state index is -0.505. The summed E-state index contributed by atoms with van der Waals surface area (Å²) in [6, 6.07) is 1.93. The Morgan fingerprint density at radius 1 is 1.19 bits per heavy atom. The number of aromatic hydroxyl groups is 1. The van der Waals surface area contributed by atoms with Gasteiger partial charge in [-0.3, -0.25) is 9.69 Å². The molecule has 1 aromatic rings. The van der Waals surface area contributed by atoms with Gasteiger partial charge in [-0.15, -0.1) is 0 Å². The van der Waals surface area contributed by atoms with Crippen LogP contribution in [0.15, 0.2) is 29.6 Å². The van der Waals surface area contributed by atoms with Crippen molar-refractivity contribution in [2.45, 2.75) is 30.7 Å². The highest BCUT2D eigenvalue weighted by Crippen LogP contribution is 2.56. The molecule has 0 unspecified atom stereocenters. The Morgan fingerprint density at radius 2 is 1.93 bits per heavy atom. The second-order valence-electron chi connectivity index (χ2n) is 7.43. The molecule has 1 heterocycles. The Morgan fingerprint density at radius 3 is 2.59 bits per heavy atom. The summed E-state index contributed by atoms with van der Waals surface area (Å²) in [6.07, 6.45) is 6.14. The number of piperidine rings is 1. The number of aryl methyl sites for hydroxylation is 1. The Kier molecular flexibility index (Phi) is 4.18. The van der Waals surface area contributed by atoms with E-state index in [0.29, 0.717) is 17.3 Å². The number of methoxy groups -OCH3 is 3. The average molecular weight is 371 g/mol. The van der Waals surface area contributed by atoms with Gasteiger partial charge in [0, 0.05) is 17.0 Å². The van der Waals surface area contributed by atoms with Crippen molar-refractivity contribution in [3.8, 4) is 17.2 Å². The van der Waals surface area contributed by atoms with Gasteiger partial charge in [0.25, 0.3) is 0 Å². The van der Waals surface area contributed by atoms with Crippen LogP contribution in [0.1, 0.15) is 24.0 Å². The number of allylic oxidation sites excluding steroid dienone is 2. The largest absolute Gasteiger partial charge is 0.504 e. The van der Waals surface area contributed by atoms with E-state index < -0.39 is 5.41 Å². The fraction of sp³-hybridized carbons (Fsp3) is 0.476. The van der Waals surface area contributed by atoms with Crippen LogP contribution in [0.2, 0.25) is 0 Å². The molecule has 2 bridgehead atoms. The third-order valence-electron chi connectivity index (χ3n) is 6.23. The van der Waals surface area contributed by atoms with Crippen molar-refractivity contribution in [3.63, 3.8) is 0 Å². The summed E-state index contributed by atoms with van der Waals surface area (Å²) < 4.78 is 16.6. The Labute approximate surface area is 159 Å². The number of phenolic OH excluding ortho intramolecular Hbond substituents is 1. The number of benzene rings is 1. The van der Waals surface area contributed by atoms with Crippen molar-refractivity contribution in [2.75, 3.05) is 34.9 Å². The fourth-order valence-electron chi connectivity index (χ4n) is 5.00. The number of carbonyl (C=O) groups is 1. The van der Waals surface area contributed by atoms with Crippen molar-refractivity contribution in [2.24, 2.45) is 0 Å². The molecule has 2 aliphatic carbocycles. The van der Waals surface area contributed by atoms with Crippen LogP contribution in [0.25, 0.3) is 0 Å². The van der Waals surface area contributed by atoms with Crippen molar-refractivity contribution in [1.82, 2.24) is 4.90 Å². The second kappa shape index (κ2) is 6.30. The molecule has 0 saturated carbocycles. The Balaban J connectivity index is 2.08. The van der Waals surface area contributed by atoms with Gasteiger partial charge < -0.3 is 19.3 Å². The lowest BCUT2D eigenvalue weighted by Crippen LogP contribution is -2.49. The fourth-order valence-corrected chi connectivity index (χ4v) is 5.00. The second-order valence-corrected chi connectivity index (χ2v) is 7.43. The van der Waals surface area contributed by atoms with E-state index in [-0.39, 0.29) is 17.6 Å². The molecule has 1 fully saturated rings.